The standard InChI is InChI=1S/C14H15F3O3/c1-20-12-5-4-9(6-11(12)14(15,16)17)10(7-13(18)19)8-2-3-8/h4-6,8,10H,2-3,7H2,1H3,(H,18,19). The average molecular weight is 288 g/mol. The summed E-state index contributed by atoms with van der Waals surface area (Å²) in [7, 11) is 1.18. The summed E-state index contributed by atoms with van der Waals surface area (Å²) in [6.07, 6.45) is -2.93. The molecule has 3 nitrogen and oxygen atoms in total. The van der Waals surface area contributed by atoms with Gasteiger partial charge in [-0.15, -0.1) is 0 Å². The maximum atomic E-state index is 13.0. The molecule has 0 amide bonds. The van der Waals surface area contributed by atoms with Gasteiger partial charge in [0.2, 0.25) is 0 Å². The van der Waals surface area contributed by atoms with Crippen molar-refractivity contribution in [1.29, 1.82) is 0 Å². The van der Waals surface area contributed by atoms with E-state index in [0.29, 0.717) is 5.56 Å². The molecule has 1 aromatic rings. The lowest BCUT2D eigenvalue weighted by molar-refractivity contribution is -0.139. The normalized spacial score (nSPS) is 16.8. The van der Waals surface area contributed by atoms with Crippen molar-refractivity contribution in [2.75, 3.05) is 7.11 Å². The van der Waals surface area contributed by atoms with Gasteiger partial charge in [0.25, 0.3) is 0 Å². The number of rotatable bonds is 5. The van der Waals surface area contributed by atoms with Gasteiger partial charge < -0.3 is 9.84 Å². The van der Waals surface area contributed by atoms with Crippen molar-refractivity contribution >= 4 is 5.97 Å². The van der Waals surface area contributed by atoms with Gasteiger partial charge in [0.05, 0.1) is 19.1 Å². The number of hydrogen-bond acceptors (Lipinski definition) is 2. The Kier molecular flexibility index (Phi) is 3.92. The van der Waals surface area contributed by atoms with Crippen LogP contribution in [-0.4, -0.2) is 18.2 Å². The molecule has 110 valence electrons. The van der Waals surface area contributed by atoms with Gasteiger partial charge in [-0.3, -0.25) is 4.79 Å². The van der Waals surface area contributed by atoms with Crippen LogP contribution in [0.5, 0.6) is 5.75 Å². The summed E-state index contributed by atoms with van der Waals surface area (Å²) in [5.74, 6) is -1.43. The number of alkyl halides is 3. The molecule has 0 radical (unpaired) electrons. The van der Waals surface area contributed by atoms with Crippen LogP contribution in [0.1, 0.15) is 36.3 Å². The van der Waals surface area contributed by atoms with E-state index in [-0.39, 0.29) is 24.0 Å². The van der Waals surface area contributed by atoms with Crippen LogP contribution < -0.4 is 4.74 Å². The topological polar surface area (TPSA) is 46.5 Å². The van der Waals surface area contributed by atoms with Crippen LogP contribution in [0.4, 0.5) is 13.2 Å². The highest BCUT2D eigenvalue weighted by atomic mass is 19.4. The molecule has 1 N–H and O–H groups in total. The molecule has 1 aliphatic carbocycles. The van der Waals surface area contributed by atoms with Gasteiger partial charge >= 0.3 is 12.1 Å². The van der Waals surface area contributed by atoms with Crippen LogP contribution in [0.25, 0.3) is 0 Å². The summed E-state index contributed by atoms with van der Waals surface area (Å²) in [5, 5.41) is 8.90. The van der Waals surface area contributed by atoms with Crippen molar-refractivity contribution in [2.45, 2.75) is 31.4 Å². The Morgan fingerprint density at radius 3 is 2.55 bits per heavy atom. The summed E-state index contributed by atoms with van der Waals surface area (Å²) >= 11 is 0. The zero-order valence-corrected chi connectivity index (χ0v) is 10.9. The molecule has 1 aliphatic rings. The smallest absolute Gasteiger partial charge is 0.419 e. The lowest BCUT2D eigenvalue weighted by Gasteiger charge is -2.18. The van der Waals surface area contributed by atoms with E-state index in [1.54, 1.807) is 0 Å². The third-order valence-corrected chi connectivity index (χ3v) is 3.54. The maximum absolute atomic E-state index is 13.0. The summed E-state index contributed by atoms with van der Waals surface area (Å²) in [6, 6.07) is 3.81. The van der Waals surface area contributed by atoms with E-state index in [0.717, 1.165) is 18.9 Å². The van der Waals surface area contributed by atoms with Crippen molar-refractivity contribution in [3.63, 3.8) is 0 Å². The highest BCUT2D eigenvalue weighted by Crippen LogP contribution is 2.46. The van der Waals surface area contributed by atoms with Gasteiger partial charge in [0.15, 0.2) is 0 Å². The summed E-state index contributed by atoms with van der Waals surface area (Å²) < 4.78 is 43.6. The van der Waals surface area contributed by atoms with Crippen LogP contribution in [0.2, 0.25) is 0 Å². The molecule has 20 heavy (non-hydrogen) atoms. The number of carboxylic acids is 1. The highest BCUT2D eigenvalue weighted by Gasteiger charge is 2.38. The van der Waals surface area contributed by atoms with Crippen molar-refractivity contribution in [3.05, 3.63) is 29.3 Å². The van der Waals surface area contributed by atoms with Gasteiger partial charge in [0, 0.05) is 0 Å². The largest absolute Gasteiger partial charge is 0.496 e. The molecule has 0 saturated heterocycles. The zero-order chi connectivity index (χ0) is 14.9. The molecule has 1 saturated carbocycles. The molecule has 0 aromatic heterocycles. The fraction of sp³-hybridized carbons (Fsp3) is 0.500. The molecule has 0 heterocycles. The number of carboxylic acid groups (broad SMARTS) is 1. The van der Waals surface area contributed by atoms with Crippen LogP contribution in [0.3, 0.4) is 0 Å². The van der Waals surface area contributed by atoms with E-state index in [2.05, 4.69) is 0 Å². The summed E-state index contributed by atoms with van der Waals surface area (Å²) in [4.78, 5) is 10.9. The molecule has 1 unspecified atom stereocenters. The predicted octanol–water partition coefficient (Wildman–Crippen LogP) is 3.68. The Bertz CT molecular complexity index is 507. The van der Waals surface area contributed by atoms with Crippen molar-refractivity contribution in [3.8, 4) is 5.75 Å². The summed E-state index contributed by atoms with van der Waals surface area (Å²) in [6.45, 7) is 0. The van der Waals surface area contributed by atoms with E-state index in [9.17, 15) is 18.0 Å². The first-order valence-electron chi connectivity index (χ1n) is 6.30. The van der Waals surface area contributed by atoms with E-state index in [1.807, 2.05) is 0 Å². The molecule has 1 fully saturated rings. The van der Waals surface area contributed by atoms with Gasteiger partial charge in [0.1, 0.15) is 5.75 Å². The molecule has 1 aromatic carbocycles. The second-order valence-corrected chi connectivity index (χ2v) is 5.00. The Morgan fingerprint density at radius 1 is 1.45 bits per heavy atom. The van der Waals surface area contributed by atoms with Crippen molar-refractivity contribution in [1.82, 2.24) is 0 Å². The Labute approximate surface area is 114 Å². The highest BCUT2D eigenvalue weighted by molar-refractivity contribution is 5.68. The number of ether oxygens (including phenoxy) is 1. The second kappa shape index (κ2) is 5.34. The second-order valence-electron chi connectivity index (χ2n) is 5.00. The predicted molar refractivity (Wildman–Crippen MR) is 65.7 cm³/mol. The first kappa shape index (κ1) is 14.7. The molecule has 0 aliphatic heterocycles. The molecular formula is C14H15F3O3. The van der Waals surface area contributed by atoms with Gasteiger partial charge in [-0.25, -0.2) is 0 Å². The molecule has 0 bridgehead atoms. The van der Waals surface area contributed by atoms with Gasteiger partial charge in [-0.05, 0) is 42.4 Å². The number of hydrogen-bond donors (Lipinski definition) is 1. The quantitative estimate of drug-likeness (QED) is 0.899. The molecular weight excluding hydrogens is 273 g/mol. The lowest BCUT2D eigenvalue weighted by atomic mass is 9.89. The molecule has 1 atom stereocenters. The Morgan fingerprint density at radius 2 is 2.10 bits per heavy atom. The average Bonchev–Trinajstić information content (AvgIpc) is 3.18. The maximum Gasteiger partial charge on any atom is 0.419 e. The fourth-order valence-electron chi connectivity index (χ4n) is 2.42. The van der Waals surface area contributed by atoms with Gasteiger partial charge in [-0.1, -0.05) is 6.07 Å². The van der Waals surface area contributed by atoms with E-state index < -0.39 is 17.7 Å². The SMILES string of the molecule is COc1ccc(C(CC(=O)O)C2CC2)cc1C(F)(F)F. The minimum Gasteiger partial charge on any atom is -0.496 e. The van der Waals surface area contributed by atoms with Gasteiger partial charge in [-0.2, -0.15) is 13.2 Å². The van der Waals surface area contributed by atoms with E-state index in [4.69, 9.17) is 9.84 Å². The van der Waals surface area contributed by atoms with Crippen molar-refractivity contribution in [2.24, 2.45) is 5.92 Å². The fourth-order valence-corrected chi connectivity index (χ4v) is 2.42. The first-order valence-corrected chi connectivity index (χ1v) is 6.30. The summed E-state index contributed by atoms with van der Waals surface area (Å²) in [5.41, 5.74) is -0.434. The third kappa shape index (κ3) is 3.23. The minimum atomic E-state index is -4.52. The van der Waals surface area contributed by atoms with Crippen LogP contribution >= 0.6 is 0 Å². The van der Waals surface area contributed by atoms with E-state index in [1.165, 1.54) is 19.2 Å². The third-order valence-electron chi connectivity index (χ3n) is 3.54. The van der Waals surface area contributed by atoms with Crippen molar-refractivity contribution < 1.29 is 27.8 Å². The number of aliphatic carboxylic acids is 1. The monoisotopic (exact) mass is 288 g/mol. The van der Waals surface area contributed by atoms with Crippen LogP contribution in [0, 0.1) is 5.92 Å². The van der Waals surface area contributed by atoms with E-state index >= 15 is 0 Å². The number of benzene rings is 1. The van der Waals surface area contributed by atoms with Crippen LogP contribution in [0.15, 0.2) is 18.2 Å². The number of halogens is 3. The minimum absolute atomic E-state index is 0.145. The molecule has 0 spiro atoms. The number of carbonyl (C=O) groups is 1. The molecule has 6 heteroatoms. The molecule has 2 rings (SSSR count). The first-order chi connectivity index (χ1) is 9.32. The number of methoxy groups -OCH3 is 1. The Hall–Kier alpha value is -1.72. The zero-order valence-electron chi connectivity index (χ0n) is 10.9. The Balaban J connectivity index is 2.38. The lowest BCUT2D eigenvalue weighted by Crippen LogP contribution is -2.12. The van der Waals surface area contributed by atoms with Crippen LogP contribution in [-0.2, 0) is 11.0 Å².